The molecule has 5 saturated heterocycles. The van der Waals surface area contributed by atoms with Gasteiger partial charge in [0.2, 0.25) is 17.7 Å². The molecule has 0 aromatic rings. The van der Waals surface area contributed by atoms with Crippen molar-refractivity contribution in [2.45, 2.75) is 186 Å². The molecule has 32 nitrogen and oxygen atoms in total. The van der Waals surface area contributed by atoms with Gasteiger partial charge in [0, 0.05) is 27.2 Å². The van der Waals surface area contributed by atoms with Crippen LogP contribution in [0.15, 0.2) is 0 Å². The highest BCUT2D eigenvalue weighted by Crippen LogP contribution is 2.36. The van der Waals surface area contributed by atoms with Gasteiger partial charge in [-0.2, -0.15) is 0 Å². The van der Waals surface area contributed by atoms with Gasteiger partial charge in [-0.1, -0.05) is 0 Å². The van der Waals surface area contributed by atoms with Gasteiger partial charge < -0.3 is 140 Å². The standard InChI is InChI=1S/C39H65N3O29/c1-10(46)40-19-13(49)4-39(38(61)62,71-32(19)22(51)14(50)5-43)64-9-18-24(53)28(57)30(59)37(68-18)69-31-16(7-45)67-35(21(27(31)56)42-12(3)48)63-8-17-25(54)29(58)33(34(60)65-17)70-36-20(41-11(2)47)26(55)23(52)15(6-44)66-36/h13-37,43-45,49-60H,4-9H2,1-3H3,(H,40,46)(H,41,47)(H,42,48)(H,61,62)/t13-,14+,15+,16+,17+,18+,19+,20+,21+,22+,23+,24-,25+,26+,27+,28-,29-,30+,31+,32+,33-,34-,35+,36-,37-,39+/m0/s1. The third kappa shape index (κ3) is 13.2. The lowest BCUT2D eigenvalue weighted by Gasteiger charge is -2.48. The van der Waals surface area contributed by atoms with Gasteiger partial charge in [0.1, 0.15) is 116 Å². The molecular formula is C39H65N3O29. The number of aliphatic hydroxyl groups is 15. The summed E-state index contributed by atoms with van der Waals surface area (Å²) in [5.74, 6) is -7.19. The zero-order valence-corrected chi connectivity index (χ0v) is 38.1. The van der Waals surface area contributed by atoms with Gasteiger partial charge in [0.25, 0.3) is 5.79 Å². The molecular weight excluding hydrogens is 974 g/mol. The molecule has 0 aromatic carbocycles. The summed E-state index contributed by atoms with van der Waals surface area (Å²) >= 11 is 0. The number of aliphatic carboxylic acids is 1. The number of ether oxygens (including phenoxy) is 9. The van der Waals surface area contributed by atoms with E-state index in [2.05, 4.69) is 16.0 Å². The van der Waals surface area contributed by atoms with E-state index in [0.717, 1.165) is 20.8 Å². The number of carbonyl (C=O) groups excluding carboxylic acids is 3. The molecule has 71 heavy (non-hydrogen) atoms. The van der Waals surface area contributed by atoms with Gasteiger partial charge in [-0.3, -0.25) is 14.4 Å². The van der Waals surface area contributed by atoms with Crippen molar-refractivity contribution in [3.63, 3.8) is 0 Å². The molecule has 5 fully saturated rings. The SMILES string of the molecule is CC(=O)N[C@H]1[C@H](OC[C@H]2O[C@H](O)[C@@H](O[C@@H]3O[C@H](CO)[C@@H](O)[C@H](O)[C@H]3NC(C)=O)[C@@H](O)[C@@H]2O)O[C@H](CO)[C@@H](O[C@@H]2O[C@H](CO[C@]3(C(=O)O)C[C@H](O)[C@@H](NC(C)=O)[C@H]([C@H](O)[C@H](O)CO)O3)[C@H](O)[C@H](O)[C@H]2O)[C@@H]1O. The number of carboxylic acids is 1. The summed E-state index contributed by atoms with van der Waals surface area (Å²) in [5, 5.41) is 177. The second-order valence-corrected chi connectivity index (χ2v) is 17.7. The molecule has 0 radical (unpaired) electrons. The number of amides is 3. The van der Waals surface area contributed by atoms with E-state index in [0.29, 0.717) is 0 Å². The zero-order chi connectivity index (χ0) is 53.0. The van der Waals surface area contributed by atoms with Crippen LogP contribution in [0.25, 0.3) is 0 Å². The lowest BCUT2D eigenvalue weighted by Crippen LogP contribution is -2.69. The molecule has 0 aromatic heterocycles. The van der Waals surface area contributed by atoms with Crippen LogP contribution in [0.3, 0.4) is 0 Å². The van der Waals surface area contributed by atoms with Crippen LogP contribution in [0, 0.1) is 0 Å². The number of nitrogens with one attached hydrogen (secondary N) is 3. The van der Waals surface area contributed by atoms with E-state index in [1.807, 2.05) is 0 Å². The Hall–Kier alpha value is -3.08. The Bertz CT molecular complexity index is 1780. The number of aliphatic hydroxyl groups excluding tert-OH is 15. The van der Waals surface area contributed by atoms with Crippen LogP contribution in [0.1, 0.15) is 27.2 Å². The van der Waals surface area contributed by atoms with E-state index in [4.69, 9.17) is 42.6 Å². The lowest BCUT2D eigenvalue weighted by molar-refractivity contribution is -0.365. The third-order valence-electron chi connectivity index (χ3n) is 12.5. The van der Waals surface area contributed by atoms with Crippen LogP contribution in [-0.2, 0) is 61.8 Å². The molecule has 3 amide bonds. The van der Waals surface area contributed by atoms with Crippen LogP contribution in [-0.4, -0.2) is 297 Å². The number of hydrogen-bond acceptors (Lipinski definition) is 28. The average Bonchev–Trinajstić information content (AvgIpc) is 3.31. The minimum atomic E-state index is -2.95. The lowest BCUT2D eigenvalue weighted by atomic mass is 9.88. The molecule has 26 atom stereocenters. The molecule has 410 valence electrons. The molecule has 5 aliphatic heterocycles. The normalized spacial score (nSPS) is 45.0. The van der Waals surface area contributed by atoms with E-state index in [1.165, 1.54) is 0 Å². The Labute approximate surface area is 402 Å². The first kappa shape index (κ1) is 58.8. The summed E-state index contributed by atoms with van der Waals surface area (Å²) in [4.78, 5) is 48.8. The minimum Gasteiger partial charge on any atom is -0.477 e. The molecule has 0 unspecified atom stereocenters. The first-order valence-corrected chi connectivity index (χ1v) is 22.2. The van der Waals surface area contributed by atoms with Gasteiger partial charge >= 0.3 is 5.97 Å². The van der Waals surface area contributed by atoms with Crippen LogP contribution in [0.4, 0.5) is 0 Å². The predicted octanol–water partition coefficient (Wildman–Crippen LogP) is -12.3. The molecule has 5 heterocycles. The Kier molecular flexibility index (Phi) is 20.7. The monoisotopic (exact) mass is 1040 g/mol. The maximum atomic E-state index is 12.7. The van der Waals surface area contributed by atoms with E-state index in [1.54, 1.807) is 0 Å². The van der Waals surface area contributed by atoms with E-state index < -0.39 is 222 Å². The van der Waals surface area contributed by atoms with E-state index in [9.17, 15) is 101 Å². The fourth-order valence-corrected chi connectivity index (χ4v) is 8.72. The Morgan fingerprint density at radius 1 is 0.577 bits per heavy atom. The smallest absolute Gasteiger partial charge is 0.364 e. The Morgan fingerprint density at radius 2 is 1.08 bits per heavy atom. The molecule has 0 spiro atoms. The van der Waals surface area contributed by atoms with Crippen molar-refractivity contribution >= 4 is 23.7 Å². The fraction of sp³-hybridized carbons (Fsp3) is 0.897. The highest BCUT2D eigenvalue weighted by atomic mass is 16.8. The molecule has 0 bridgehead atoms. The van der Waals surface area contributed by atoms with Crippen molar-refractivity contribution in [3.05, 3.63) is 0 Å². The highest BCUT2D eigenvalue weighted by Gasteiger charge is 2.58. The fourth-order valence-electron chi connectivity index (χ4n) is 8.72. The van der Waals surface area contributed by atoms with Crippen molar-refractivity contribution in [3.8, 4) is 0 Å². The van der Waals surface area contributed by atoms with Gasteiger partial charge in [0.05, 0.1) is 45.2 Å². The molecule has 0 aliphatic carbocycles. The van der Waals surface area contributed by atoms with Crippen LogP contribution < -0.4 is 16.0 Å². The van der Waals surface area contributed by atoms with Gasteiger partial charge in [0.15, 0.2) is 25.2 Å². The van der Waals surface area contributed by atoms with Gasteiger partial charge in [-0.15, -0.1) is 0 Å². The summed E-state index contributed by atoms with van der Waals surface area (Å²) in [5.41, 5.74) is 0. The minimum absolute atomic E-state index is 0.718. The number of carbonyl (C=O) groups is 4. The van der Waals surface area contributed by atoms with Gasteiger partial charge in [-0.25, -0.2) is 4.79 Å². The number of hydrogen-bond donors (Lipinski definition) is 19. The Balaban J connectivity index is 1.27. The quantitative estimate of drug-likeness (QED) is 0.0571. The van der Waals surface area contributed by atoms with Crippen molar-refractivity contribution in [2.24, 2.45) is 0 Å². The van der Waals surface area contributed by atoms with Crippen molar-refractivity contribution in [1.82, 2.24) is 16.0 Å². The second kappa shape index (κ2) is 25.0. The Morgan fingerprint density at radius 3 is 1.65 bits per heavy atom. The van der Waals surface area contributed by atoms with Crippen LogP contribution in [0.5, 0.6) is 0 Å². The first-order valence-electron chi connectivity index (χ1n) is 22.2. The molecule has 0 saturated carbocycles. The second-order valence-electron chi connectivity index (χ2n) is 17.7. The summed E-state index contributed by atoms with van der Waals surface area (Å²) in [6.45, 7) is -1.71. The molecule has 32 heteroatoms. The van der Waals surface area contributed by atoms with Gasteiger partial charge in [-0.05, 0) is 0 Å². The number of carboxylic acid groups (broad SMARTS) is 1. The van der Waals surface area contributed by atoms with Crippen molar-refractivity contribution < 1.29 is 144 Å². The topological polar surface area (TPSA) is 511 Å². The van der Waals surface area contributed by atoms with Crippen LogP contribution in [0.2, 0.25) is 0 Å². The van der Waals surface area contributed by atoms with Crippen LogP contribution >= 0.6 is 0 Å². The highest BCUT2D eigenvalue weighted by molar-refractivity contribution is 5.76. The maximum Gasteiger partial charge on any atom is 0.364 e. The van der Waals surface area contributed by atoms with E-state index in [-0.39, 0.29) is 0 Å². The van der Waals surface area contributed by atoms with Crippen molar-refractivity contribution in [1.29, 1.82) is 0 Å². The summed E-state index contributed by atoms with van der Waals surface area (Å²) in [6, 6.07) is -4.75. The van der Waals surface area contributed by atoms with Crippen molar-refractivity contribution in [2.75, 3.05) is 33.0 Å². The largest absolute Gasteiger partial charge is 0.477 e. The molecule has 5 rings (SSSR count). The predicted molar refractivity (Wildman–Crippen MR) is 219 cm³/mol. The first-order chi connectivity index (χ1) is 33.3. The summed E-state index contributed by atoms with van der Waals surface area (Å²) in [7, 11) is 0. The zero-order valence-electron chi connectivity index (χ0n) is 38.1. The summed E-state index contributed by atoms with van der Waals surface area (Å²) < 4.78 is 50.5. The molecule has 19 N–H and O–H groups in total. The molecule has 5 aliphatic rings. The summed E-state index contributed by atoms with van der Waals surface area (Å²) in [6.07, 6.45) is -43.0. The average molecular weight is 1040 g/mol. The maximum absolute atomic E-state index is 12.7. The number of rotatable bonds is 19. The van der Waals surface area contributed by atoms with E-state index >= 15 is 0 Å². The third-order valence-corrected chi connectivity index (χ3v) is 12.5.